The number of tetrazole rings is 2. The smallest absolute Gasteiger partial charge is 0.270 e. The number of nitrogens with one attached hydrogen (secondary N) is 1. The zero-order valence-corrected chi connectivity index (χ0v) is 11.1. The number of hydrogen-bond acceptors (Lipinski definition) is 7. The highest BCUT2D eigenvalue weighted by atomic mass is 16.2. The molecule has 10 heteroatoms. The lowest BCUT2D eigenvalue weighted by atomic mass is 10.2. The van der Waals surface area contributed by atoms with Crippen molar-refractivity contribution in [3.05, 3.63) is 30.3 Å². The van der Waals surface area contributed by atoms with E-state index >= 15 is 0 Å². The molecule has 0 atom stereocenters. The fraction of sp³-hybridized carbons (Fsp3) is 0.182. The molecule has 0 aliphatic carbocycles. The van der Waals surface area contributed by atoms with E-state index in [1.807, 2.05) is 30.3 Å². The zero-order valence-electron chi connectivity index (χ0n) is 11.1. The minimum Gasteiger partial charge on any atom is -0.290 e. The van der Waals surface area contributed by atoms with Gasteiger partial charge in [0.05, 0.1) is 7.05 Å². The lowest BCUT2D eigenvalue weighted by Crippen LogP contribution is -2.21. The van der Waals surface area contributed by atoms with E-state index in [4.69, 9.17) is 0 Å². The van der Waals surface area contributed by atoms with Gasteiger partial charge in [-0.25, -0.2) is 0 Å². The van der Waals surface area contributed by atoms with E-state index in [0.29, 0.717) is 5.82 Å². The van der Waals surface area contributed by atoms with Crippen molar-refractivity contribution in [2.75, 3.05) is 5.32 Å². The molecule has 0 saturated heterocycles. The van der Waals surface area contributed by atoms with Crippen molar-refractivity contribution in [3.63, 3.8) is 0 Å². The van der Waals surface area contributed by atoms with E-state index in [1.54, 1.807) is 7.05 Å². The Balaban J connectivity index is 1.66. The zero-order chi connectivity index (χ0) is 14.7. The van der Waals surface area contributed by atoms with Crippen LogP contribution < -0.4 is 5.32 Å². The van der Waals surface area contributed by atoms with Gasteiger partial charge in [0, 0.05) is 5.56 Å². The van der Waals surface area contributed by atoms with Gasteiger partial charge in [-0.3, -0.25) is 10.1 Å². The van der Waals surface area contributed by atoms with Crippen LogP contribution in [0.3, 0.4) is 0 Å². The second-order valence-corrected chi connectivity index (χ2v) is 4.16. The molecule has 0 unspecified atom stereocenters. The SMILES string of the molecule is Cn1nnc(NC(=O)Cn2nnc(-c3ccccc3)n2)n1. The first-order chi connectivity index (χ1) is 10.2. The lowest BCUT2D eigenvalue weighted by molar-refractivity contribution is -0.117. The number of carbonyl (C=O) groups excluding carboxylic acids is 1. The van der Waals surface area contributed by atoms with E-state index in [-0.39, 0.29) is 18.4 Å². The van der Waals surface area contributed by atoms with Gasteiger partial charge in [0.2, 0.25) is 11.7 Å². The molecule has 0 saturated carbocycles. The van der Waals surface area contributed by atoms with Gasteiger partial charge in [-0.15, -0.1) is 15.3 Å². The molecule has 0 aliphatic rings. The first-order valence-electron chi connectivity index (χ1n) is 6.08. The molecule has 0 radical (unpaired) electrons. The Morgan fingerprint density at radius 1 is 1.14 bits per heavy atom. The third-order valence-electron chi connectivity index (χ3n) is 2.53. The number of anilines is 1. The lowest BCUT2D eigenvalue weighted by Gasteiger charge is -1.98. The number of amides is 1. The van der Waals surface area contributed by atoms with Crippen molar-refractivity contribution in [2.24, 2.45) is 7.05 Å². The summed E-state index contributed by atoms with van der Waals surface area (Å²) in [5, 5.41) is 25.5. The molecule has 10 nitrogen and oxygen atoms in total. The van der Waals surface area contributed by atoms with Crippen LogP contribution in [0.4, 0.5) is 5.95 Å². The normalized spacial score (nSPS) is 10.5. The number of rotatable bonds is 4. The number of hydrogen-bond donors (Lipinski definition) is 1. The maximum Gasteiger partial charge on any atom is 0.270 e. The van der Waals surface area contributed by atoms with Gasteiger partial charge in [0.15, 0.2) is 0 Å². The molecule has 106 valence electrons. The van der Waals surface area contributed by atoms with Crippen molar-refractivity contribution in [1.29, 1.82) is 0 Å². The number of carbonyl (C=O) groups is 1. The molecular formula is C11H11N9O. The number of aryl methyl sites for hydroxylation is 1. The van der Waals surface area contributed by atoms with Gasteiger partial charge >= 0.3 is 0 Å². The van der Waals surface area contributed by atoms with Gasteiger partial charge in [-0.05, 0) is 10.4 Å². The standard InChI is InChI=1S/C11H11N9O/c1-19-16-11(14-17-19)12-9(21)7-20-15-10(13-18-20)8-5-3-2-4-6-8/h2-6H,7H2,1H3,(H,12,16,21). The molecule has 0 aliphatic heterocycles. The van der Waals surface area contributed by atoms with Crippen molar-refractivity contribution in [3.8, 4) is 11.4 Å². The molecule has 1 aromatic carbocycles. The molecule has 0 fully saturated rings. The summed E-state index contributed by atoms with van der Waals surface area (Å²) >= 11 is 0. The molecule has 3 rings (SSSR count). The average molecular weight is 285 g/mol. The molecule has 21 heavy (non-hydrogen) atoms. The van der Waals surface area contributed by atoms with Crippen molar-refractivity contribution in [1.82, 2.24) is 40.4 Å². The van der Waals surface area contributed by atoms with Crippen LogP contribution in [0.25, 0.3) is 11.4 Å². The molecule has 2 aromatic heterocycles. The van der Waals surface area contributed by atoms with E-state index in [0.717, 1.165) is 5.56 Å². The molecule has 2 heterocycles. The summed E-state index contributed by atoms with van der Waals surface area (Å²) in [5.74, 6) is 0.229. The predicted molar refractivity (Wildman–Crippen MR) is 70.7 cm³/mol. The van der Waals surface area contributed by atoms with Gasteiger partial charge in [-0.2, -0.15) is 9.59 Å². The second kappa shape index (κ2) is 5.45. The molecule has 0 bridgehead atoms. The highest BCUT2D eigenvalue weighted by molar-refractivity contribution is 5.88. The molecule has 0 spiro atoms. The minimum absolute atomic E-state index is 0.0852. The van der Waals surface area contributed by atoms with E-state index < -0.39 is 0 Å². The Morgan fingerprint density at radius 3 is 2.67 bits per heavy atom. The fourth-order valence-electron chi connectivity index (χ4n) is 1.64. The molecular weight excluding hydrogens is 274 g/mol. The van der Waals surface area contributed by atoms with Gasteiger partial charge in [-0.1, -0.05) is 35.4 Å². The van der Waals surface area contributed by atoms with Crippen LogP contribution in [0.5, 0.6) is 0 Å². The summed E-state index contributed by atoms with van der Waals surface area (Å²) in [6.07, 6.45) is 0. The van der Waals surface area contributed by atoms with E-state index in [9.17, 15) is 4.79 Å². The summed E-state index contributed by atoms with van der Waals surface area (Å²) in [5.41, 5.74) is 0.833. The average Bonchev–Trinajstić information content (AvgIpc) is 3.09. The first kappa shape index (κ1) is 12.8. The third kappa shape index (κ3) is 3.05. The fourth-order valence-corrected chi connectivity index (χ4v) is 1.64. The van der Waals surface area contributed by atoms with Crippen LogP contribution in [-0.4, -0.2) is 46.3 Å². The highest BCUT2D eigenvalue weighted by Crippen LogP contribution is 2.11. The second-order valence-electron chi connectivity index (χ2n) is 4.16. The Labute approximate surface area is 118 Å². The van der Waals surface area contributed by atoms with Crippen molar-refractivity contribution in [2.45, 2.75) is 6.54 Å². The molecule has 3 aromatic rings. The number of nitrogens with zero attached hydrogens (tertiary/aromatic N) is 8. The largest absolute Gasteiger partial charge is 0.290 e. The van der Waals surface area contributed by atoms with Crippen LogP contribution in [0.1, 0.15) is 0 Å². The molecule has 1 amide bonds. The van der Waals surface area contributed by atoms with Crippen LogP contribution in [0, 0.1) is 0 Å². The number of benzene rings is 1. The molecule has 1 N–H and O–H groups in total. The quantitative estimate of drug-likeness (QED) is 0.687. The van der Waals surface area contributed by atoms with E-state index in [2.05, 4.69) is 36.1 Å². The first-order valence-corrected chi connectivity index (χ1v) is 6.08. The van der Waals surface area contributed by atoms with Crippen LogP contribution in [0.15, 0.2) is 30.3 Å². The van der Waals surface area contributed by atoms with Crippen LogP contribution in [-0.2, 0) is 18.4 Å². The number of aromatic nitrogens is 8. The highest BCUT2D eigenvalue weighted by Gasteiger charge is 2.11. The Hall–Kier alpha value is -3.17. The van der Waals surface area contributed by atoms with E-state index in [1.165, 1.54) is 9.59 Å². The Morgan fingerprint density at radius 2 is 1.95 bits per heavy atom. The van der Waals surface area contributed by atoms with Gasteiger partial charge < -0.3 is 0 Å². The predicted octanol–water partition coefficient (Wildman–Crippen LogP) is -0.498. The van der Waals surface area contributed by atoms with Gasteiger partial charge in [0.1, 0.15) is 6.54 Å². The summed E-state index contributed by atoms with van der Waals surface area (Å²) in [4.78, 5) is 14.2. The summed E-state index contributed by atoms with van der Waals surface area (Å²) in [6, 6.07) is 9.38. The van der Waals surface area contributed by atoms with Crippen LogP contribution >= 0.6 is 0 Å². The van der Waals surface area contributed by atoms with Crippen LogP contribution in [0.2, 0.25) is 0 Å². The summed E-state index contributed by atoms with van der Waals surface area (Å²) < 4.78 is 0. The van der Waals surface area contributed by atoms with Crippen molar-refractivity contribution >= 4 is 11.9 Å². The maximum atomic E-state index is 11.8. The third-order valence-corrected chi connectivity index (χ3v) is 2.53. The summed E-state index contributed by atoms with van der Waals surface area (Å²) in [6.45, 7) is -0.0852. The topological polar surface area (TPSA) is 116 Å². The maximum absolute atomic E-state index is 11.8. The monoisotopic (exact) mass is 285 g/mol. The summed E-state index contributed by atoms with van der Waals surface area (Å²) in [7, 11) is 1.60. The van der Waals surface area contributed by atoms with Gasteiger partial charge in [0.25, 0.3) is 5.95 Å². The Kier molecular flexibility index (Phi) is 3.33. The van der Waals surface area contributed by atoms with Crippen molar-refractivity contribution < 1.29 is 4.79 Å². The Bertz CT molecular complexity index is 748. The minimum atomic E-state index is -0.361.